The highest BCUT2D eigenvalue weighted by Crippen LogP contribution is 2.24. The molecule has 1 aromatic heterocycles. The van der Waals surface area contributed by atoms with Gasteiger partial charge < -0.3 is 10.1 Å². The van der Waals surface area contributed by atoms with Gasteiger partial charge in [-0.2, -0.15) is 5.10 Å². The average molecular weight is 356 g/mol. The van der Waals surface area contributed by atoms with E-state index in [4.69, 9.17) is 16.3 Å². The van der Waals surface area contributed by atoms with Gasteiger partial charge in [-0.3, -0.25) is 4.79 Å². The number of nitrogens with one attached hydrogen (secondary N) is 1. The van der Waals surface area contributed by atoms with E-state index in [1.807, 2.05) is 54.6 Å². The minimum Gasteiger partial charge on any atom is -0.380 e. The number of para-hydroxylation sites is 1. The van der Waals surface area contributed by atoms with Crippen molar-refractivity contribution in [2.24, 2.45) is 0 Å². The van der Waals surface area contributed by atoms with Gasteiger partial charge in [0.05, 0.1) is 18.0 Å². The van der Waals surface area contributed by atoms with Crippen LogP contribution in [0.1, 0.15) is 21.6 Å². The predicted octanol–water partition coefficient (Wildman–Crippen LogP) is 4.23. The van der Waals surface area contributed by atoms with Crippen LogP contribution in [0.2, 0.25) is 5.15 Å². The SMILES string of the molecule is COCc1cccc(NC(=O)c2c(C)nn(-c3ccccc3)c2Cl)c1. The van der Waals surface area contributed by atoms with Gasteiger partial charge in [0.1, 0.15) is 10.7 Å². The fourth-order valence-corrected chi connectivity index (χ4v) is 2.95. The van der Waals surface area contributed by atoms with E-state index in [1.54, 1.807) is 18.7 Å². The van der Waals surface area contributed by atoms with Gasteiger partial charge in [-0.1, -0.05) is 41.9 Å². The lowest BCUT2D eigenvalue weighted by molar-refractivity contribution is 0.102. The molecule has 0 unspecified atom stereocenters. The molecule has 0 saturated heterocycles. The number of hydrogen-bond donors (Lipinski definition) is 1. The van der Waals surface area contributed by atoms with Crippen molar-refractivity contribution in [2.75, 3.05) is 12.4 Å². The summed E-state index contributed by atoms with van der Waals surface area (Å²) in [5, 5.41) is 7.55. The van der Waals surface area contributed by atoms with E-state index in [-0.39, 0.29) is 11.1 Å². The fraction of sp³-hybridized carbons (Fsp3) is 0.158. The number of hydrogen-bond acceptors (Lipinski definition) is 3. The Morgan fingerprint density at radius 3 is 2.68 bits per heavy atom. The van der Waals surface area contributed by atoms with Gasteiger partial charge in [-0.25, -0.2) is 4.68 Å². The van der Waals surface area contributed by atoms with Crippen LogP contribution >= 0.6 is 11.6 Å². The first-order valence-corrected chi connectivity index (χ1v) is 8.17. The number of aryl methyl sites for hydroxylation is 1. The van der Waals surface area contributed by atoms with Gasteiger partial charge in [0, 0.05) is 12.8 Å². The summed E-state index contributed by atoms with van der Waals surface area (Å²) in [6.45, 7) is 2.25. The lowest BCUT2D eigenvalue weighted by Gasteiger charge is -2.07. The van der Waals surface area contributed by atoms with E-state index in [9.17, 15) is 4.79 Å². The van der Waals surface area contributed by atoms with E-state index < -0.39 is 0 Å². The van der Waals surface area contributed by atoms with Crippen LogP contribution in [-0.2, 0) is 11.3 Å². The van der Waals surface area contributed by atoms with E-state index in [1.165, 1.54) is 0 Å². The number of carbonyl (C=O) groups is 1. The molecular weight excluding hydrogens is 338 g/mol. The third-order valence-electron chi connectivity index (χ3n) is 3.73. The molecule has 1 heterocycles. The first kappa shape index (κ1) is 17.2. The van der Waals surface area contributed by atoms with Crippen LogP contribution in [0.5, 0.6) is 0 Å². The van der Waals surface area contributed by atoms with E-state index >= 15 is 0 Å². The molecule has 0 atom stereocenters. The van der Waals surface area contributed by atoms with Gasteiger partial charge in [-0.15, -0.1) is 0 Å². The second-order valence-electron chi connectivity index (χ2n) is 5.59. The van der Waals surface area contributed by atoms with Crippen molar-refractivity contribution in [3.63, 3.8) is 0 Å². The summed E-state index contributed by atoms with van der Waals surface area (Å²) >= 11 is 6.43. The molecule has 5 nitrogen and oxygen atoms in total. The molecule has 0 aliphatic heterocycles. The van der Waals surface area contributed by atoms with Gasteiger partial charge in [-0.05, 0) is 36.8 Å². The number of carbonyl (C=O) groups excluding carboxylic acids is 1. The summed E-state index contributed by atoms with van der Waals surface area (Å²) in [7, 11) is 1.63. The normalized spacial score (nSPS) is 10.7. The van der Waals surface area contributed by atoms with Gasteiger partial charge in [0.25, 0.3) is 5.91 Å². The second kappa shape index (κ2) is 7.51. The van der Waals surface area contributed by atoms with E-state index in [2.05, 4.69) is 10.4 Å². The van der Waals surface area contributed by atoms with Crippen LogP contribution in [0, 0.1) is 6.92 Å². The summed E-state index contributed by atoms with van der Waals surface area (Å²) in [6, 6.07) is 17.0. The maximum atomic E-state index is 12.7. The largest absolute Gasteiger partial charge is 0.380 e. The zero-order valence-electron chi connectivity index (χ0n) is 14.0. The second-order valence-corrected chi connectivity index (χ2v) is 5.94. The molecule has 25 heavy (non-hydrogen) atoms. The van der Waals surface area contributed by atoms with Gasteiger partial charge in [0.2, 0.25) is 0 Å². The standard InChI is InChI=1S/C19H18ClN3O2/c1-13-17(18(20)23(22-13)16-9-4-3-5-10-16)19(24)21-15-8-6-7-14(11-15)12-25-2/h3-11H,12H2,1-2H3,(H,21,24). The highest BCUT2D eigenvalue weighted by Gasteiger charge is 2.21. The molecule has 2 aromatic carbocycles. The van der Waals surface area contributed by atoms with Gasteiger partial charge in [0.15, 0.2) is 0 Å². The van der Waals surface area contributed by atoms with Crippen molar-refractivity contribution in [3.8, 4) is 5.69 Å². The highest BCUT2D eigenvalue weighted by atomic mass is 35.5. The first-order valence-electron chi connectivity index (χ1n) is 7.80. The van der Waals surface area contributed by atoms with Crippen LogP contribution in [0.25, 0.3) is 5.69 Å². The minimum atomic E-state index is -0.292. The Morgan fingerprint density at radius 1 is 1.20 bits per heavy atom. The molecule has 0 radical (unpaired) electrons. The number of methoxy groups -OCH3 is 1. The molecule has 1 N–H and O–H groups in total. The number of rotatable bonds is 5. The molecule has 3 rings (SSSR count). The van der Waals surface area contributed by atoms with Crippen LogP contribution < -0.4 is 5.32 Å². The maximum absolute atomic E-state index is 12.7. The molecule has 128 valence electrons. The summed E-state index contributed by atoms with van der Waals surface area (Å²) in [5.74, 6) is -0.292. The van der Waals surface area contributed by atoms with E-state index in [0.717, 1.165) is 11.3 Å². The van der Waals surface area contributed by atoms with Crippen LogP contribution in [0.4, 0.5) is 5.69 Å². The van der Waals surface area contributed by atoms with Crippen molar-refractivity contribution >= 4 is 23.2 Å². The zero-order valence-corrected chi connectivity index (χ0v) is 14.7. The van der Waals surface area contributed by atoms with Crippen LogP contribution in [-0.4, -0.2) is 22.8 Å². The molecular formula is C19H18ClN3O2. The smallest absolute Gasteiger partial charge is 0.260 e. The van der Waals surface area contributed by atoms with Crippen molar-refractivity contribution in [1.82, 2.24) is 9.78 Å². The molecule has 0 aliphatic carbocycles. The Hall–Kier alpha value is -2.63. The Morgan fingerprint density at radius 2 is 1.96 bits per heavy atom. The summed E-state index contributed by atoms with van der Waals surface area (Å²) < 4.78 is 6.68. The third kappa shape index (κ3) is 3.73. The first-order chi connectivity index (χ1) is 12.1. The number of nitrogens with zero attached hydrogens (tertiary/aromatic N) is 2. The average Bonchev–Trinajstić information content (AvgIpc) is 2.91. The Balaban J connectivity index is 1.88. The van der Waals surface area contributed by atoms with Crippen molar-refractivity contribution in [3.05, 3.63) is 76.6 Å². The van der Waals surface area contributed by atoms with Crippen LogP contribution in [0.3, 0.4) is 0 Å². The number of ether oxygens (including phenoxy) is 1. The molecule has 1 amide bonds. The Labute approximate surface area is 151 Å². The Kier molecular flexibility index (Phi) is 5.16. The number of amides is 1. The number of benzene rings is 2. The Bertz CT molecular complexity index is 891. The molecule has 0 saturated carbocycles. The van der Waals surface area contributed by atoms with E-state index in [0.29, 0.717) is 23.6 Å². The van der Waals surface area contributed by atoms with Crippen molar-refractivity contribution < 1.29 is 9.53 Å². The molecule has 0 aliphatic rings. The summed E-state index contributed by atoms with van der Waals surface area (Å²) in [5.41, 5.74) is 3.39. The maximum Gasteiger partial charge on any atom is 0.260 e. The third-order valence-corrected chi connectivity index (χ3v) is 4.08. The number of aromatic nitrogens is 2. The molecule has 0 spiro atoms. The molecule has 3 aromatic rings. The van der Waals surface area contributed by atoms with Crippen molar-refractivity contribution in [2.45, 2.75) is 13.5 Å². The van der Waals surface area contributed by atoms with Gasteiger partial charge >= 0.3 is 0 Å². The quantitative estimate of drug-likeness (QED) is 0.745. The minimum absolute atomic E-state index is 0.286. The predicted molar refractivity (Wildman–Crippen MR) is 98.4 cm³/mol. The number of anilines is 1. The molecule has 0 bridgehead atoms. The molecule has 6 heteroatoms. The lowest BCUT2D eigenvalue weighted by Crippen LogP contribution is -2.13. The molecule has 0 fully saturated rings. The van der Waals surface area contributed by atoms with Crippen LogP contribution in [0.15, 0.2) is 54.6 Å². The lowest BCUT2D eigenvalue weighted by atomic mass is 10.2. The highest BCUT2D eigenvalue weighted by molar-refractivity contribution is 6.34. The number of halogens is 1. The zero-order chi connectivity index (χ0) is 17.8. The summed E-state index contributed by atoms with van der Waals surface area (Å²) in [6.07, 6.45) is 0. The summed E-state index contributed by atoms with van der Waals surface area (Å²) in [4.78, 5) is 12.7. The fourth-order valence-electron chi connectivity index (χ4n) is 2.60. The van der Waals surface area contributed by atoms with Crippen molar-refractivity contribution in [1.29, 1.82) is 0 Å². The monoisotopic (exact) mass is 355 g/mol. The topological polar surface area (TPSA) is 56.1 Å².